The van der Waals surface area contributed by atoms with Crippen molar-refractivity contribution in [3.05, 3.63) is 119 Å². The number of amides is 2. The first-order chi connectivity index (χ1) is 23.5. The molecule has 12 heteroatoms. The van der Waals surface area contributed by atoms with Gasteiger partial charge in [0.1, 0.15) is 13.2 Å². The van der Waals surface area contributed by atoms with Gasteiger partial charge in [-0.05, 0) is 83.6 Å². The third-order valence-electron chi connectivity index (χ3n) is 6.73. The van der Waals surface area contributed by atoms with Gasteiger partial charge in [0.2, 0.25) is 12.2 Å². The molecule has 0 bridgehead atoms. The number of nitrogens with zero attached hydrogens (tertiary/aromatic N) is 2. The number of carbonyl (C=O) groups is 2. The normalized spacial score (nSPS) is 10.2. The van der Waals surface area contributed by atoms with Gasteiger partial charge in [-0.3, -0.25) is 10.6 Å². The number of aliphatic imine (C=N–C) groups is 2. The molecule has 4 aromatic rings. The van der Waals surface area contributed by atoms with Crippen LogP contribution in [0.2, 0.25) is 0 Å². The fraction of sp³-hybridized carbons (Fsp3) is 0.222. The predicted octanol–water partition coefficient (Wildman–Crippen LogP) is 8.07. The molecular weight excluding hydrogens is 649 g/mol. The first kappa shape index (κ1) is 35.7. The second-order valence-corrected chi connectivity index (χ2v) is 12.7. The van der Waals surface area contributed by atoms with Crippen molar-refractivity contribution in [3.63, 3.8) is 0 Å². The molecule has 2 N–H and O–H groups in total. The molecule has 0 aliphatic rings. The second-order valence-electron chi connectivity index (χ2n) is 10.2. The van der Waals surface area contributed by atoms with Crippen LogP contribution in [-0.2, 0) is 31.9 Å². The zero-order valence-corrected chi connectivity index (χ0v) is 27.7. The molecule has 246 valence electrons. The van der Waals surface area contributed by atoms with Crippen molar-refractivity contribution >= 4 is 70.6 Å². The van der Waals surface area contributed by atoms with Crippen molar-refractivity contribution < 1.29 is 28.7 Å². The Morgan fingerprint density at radius 3 is 1.19 bits per heavy atom. The van der Waals surface area contributed by atoms with Gasteiger partial charge in [0.15, 0.2) is 0 Å². The van der Waals surface area contributed by atoms with Crippen molar-refractivity contribution in [1.29, 1.82) is 0 Å². The zero-order valence-electron chi connectivity index (χ0n) is 26.1. The summed E-state index contributed by atoms with van der Waals surface area (Å²) in [4.78, 5) is 52.1. The smallest absolute Gasteiger partial charge is 0.411 e. The Labute approximate surface area is 287 Å². The Morgan fingerprint density at radius 2 is 0.854 bits per heavy atom. The molecule has 0 radical (unpaired) electrons. The van der Waals surface area contributed by atoms with E-state index >= 15 is 0 Å². The molecule has 0 saturated carbocycles. The van der Waals surface area contributed by atoms with E-state index in [9.17, 15) is 19.2 Å². The Morgan fingerprint density at radius 1 is 0.521 bits per heavy atom. The van der Waals surface area contributed by atoms with E-state index in [0.29, 0.717) is 60.3 Å². The van der Waals surface area contributed by atoms with Gasteiger partial charge in [-0.25, -0.2) is 19.2 Å². The summed E-state index contributed by atoms with van der Waals surface area (Å²) in [5, 5.41) is 5.48. The summed E-state index contributed by atoms with van der Waals surface area (Å²) in [6.07, 6.45) is 3.49. The predicted molar refractivity (Wildman–Crippen MR) is 192 cm³/mol. The molecule has 0 unspecified atom stereocenters. The summed E-state index contributed by atoms with van der Waals surface area (Å²) in [5.74, 6) is 3.15. The van der Waals surface area contributed by atoms with Crippen LogP contribution in [0.5, 0.6) is 0 Å². The number of rotatable bonds is 17. The number of ether oxygens (including phenoxy) is 2. The highest BCUT2D eigenvalue weighted by Gasteiger charge is 2.06. The number of benzene rings is 4. The van der Waals surface area contributed by atoms with E-state index in [1.54, 1.807) is 47.8 Å². The second kappa shape index (κ2) is 20.2. The minimum atomic E-state index is -0.496. The van der Waals surface area contributed by atoms with Gasteiger partial charge < -0.3 is 9.47 Å². The zero-order chi connectivity index (χ0) is 33.8. The summed E-state index contributed by atoms with van der Waals surface area (Å²) < 4.78 is 10.6. The first-order valence-corrected chi connectivity index (χ1v) is 17.4. The van der Waals surface area contributed by atoms with Crippen molar-refractivity contribution in [2.75, 3.05) is 46.9 Å². The Kier molecular flexibility index (Phi) is 15.0. The number of thioether (sulfide) groups is 2. The van der Waals surface area contributed by atoms with Gasteiger partial charge in [-0.15, -0.1) is 0 Å². The van der Waals surface area contributed by atoms with Crippen LogP contribution in [0, 0.1) is 0 Å². The van der Waals surface area contributed by atoms with Crippen molar-refractivity contribution in [1.82, 2.24) is 0 Å². The van der Waals surface area contributed by atoms with Crippen LogP contribution in [0.15, 0.2) is 107 Å². The van der Waals surface area contributed by atoms with Crippen molar-refractivity contribution in [2.24, 2.45) is 9.98 Å². The average molecular weight is 683 g/mol. The van der Waals surface area contributed by atoms with E-state index in [1.807, 2.05) is 72.8 Å². The number of anilines is 2. The fourth-order valence-electron chi connectivity index (χ4n) is 4.38. The molecule has 0 heterocycles. The van der Waals surface area contributed by atoms with Crippen molar-refractivity contribution in [2.45, 2.75) is 12.8 Å². The van der Waals surface area contributed by atoms with Crippen LogP contribution in [0.3, 0.4) is 0 Å². The summed E-state index contributed by atoms with van der Waals surface area (Å²) in [6.45, 7) is 0.609. The van der Waals surface area contributed by atoms with Gasteiger partial charge in [0.05, 0.1) is 11.4 Å². The molecule has 0 aromatic heterocycles. The average Bonchev–Trinajstić information content (AvgIpc) is 3.09. The maximum Gasteiger partial charge on any atom is 0.411 e. The van der Waals surface area contributed by atoms with Crippen LogP contribution in [0.4, 0.5) is 32.3 Å². The maximum absolute atomic E-state index is 12.1. The lowest BCUT2D eigenvalue weighted by Gasteiger charge is -2.09. The maximum atomic E-state index is 12.1. The number of isocyanates is 2. The van der Waals surface area contributed by atoms with Gasteiger partial charge in [-0.1, -0.05) is 48.5 Å². The summed E-state index contributed by atoms with van der Waals surface area (Å²) in [5.41, 5.74) is 6.76. The minimum Gasteiger partial charge on any atom is -0.448 e. The molecule has 0 spiro atoms. The van der Waals surface area contributed by atoms with E-state index in [1.165, 1.54) is 12.2 Å². The Bertz CT molecular complexity index is 1570. The number of hydrogen-bond donors (Lipinski definition) is 2. The van der Waals surface area contributed by atoms with Crippen LogP contribution >= 0.6 is 23.5 Å². The monoisotopic (exact) mass is 682 g/mol. The minimum absolute atomic E-state index is 0.304. The molecule has 48 heavy (non-hydrogen) atoms. The van der Waals surface area contributed by atoms with Gasteiger partial charge >= 0.3 is 12.2 Å². The highest BCUT2D eigenvalue weighted by molar-refractivity contribution is 8.02. The molecule has 0 fully saturated rings. The molecule has 0 aliphatic heterocycles. The van der Waals surface area contributed by atoms with Gasteiger partial charge in [0, 0.05) is 34.4 Å². The Balaban J connectivity index is 0.989. The highest BCUT2D eigenvalue weighted by Crippen LogP contribution is 2.19. The SMILES string of the molecule is O=C=Nc1ccc(Cc2ccc(NC(=O)OCCSCCSCCOC(=O)Nc3ccc(Cc4ccc(N=C=O)cc4)cc3)cc2)cc1. The molecule has 4 rings (SSSR count). The molecule has 4 aromatic carbocycles. The third-order valence-corrected chi connectivity index (χ3v) is 8.89. The van der Waals surface area contributed by atoms with E-state index < -0.39 is 12.2 Å². The lowest BCUT2D eigenvalue weighted by Crippen LogP contribution is -2.15. The molecule has 10 nitrogen and oxygen atoms in total. The summed E-state index contributed by atoms with van der Waals surface area (Å²) >= 11 is 3.38. The van der Waals surface area contributed by atoms with E-state index in [4.69, 9.17) is 9.47 Å². The molecule has 2 amide bonds. The fourth-order valence-corrected chi connectivity index (χ4v) is 6.14. The standard InChI is InChI=1S/C36H34N4O6S2/c41-25-37-31-9-1-27(2-10-31)23-29-5-13-33(14-6-29)39-35(43)45-17-19-47-21-22-48-20-18-46-36(44)40-34-15-7-30(8-16-34)24-28-3-11-32(12-4-28)38-26-42/h1-16H,17-24H2,(H,39,43)(H,40,44). The number of carbonyl (C=O) groups excluding carboxylic acids is 4. The lowest BCUT2D eigenvalue weighted by atomic mass is 10.0. The quantitative estimate of drug-likeness (QED) is 0.0649. The summed E-state index contributed by atoms with van der Waals surface area (Å²) in [6, 6.07) is 29.8. The van der Waals surface area contributed by atoms with E-state index in [0.717, 1.165) is 33.8 Å². The molecule has 0 aliphatic carbocycles. The summed E-state index contributed by atoms with van der Waals surface area (Å²) in [7, 11) is 0. The van der Waals surface area contributed by atoms with Crippen LogP contribution < -0.4 is 10.6 Å². The third kappa shape index (κ3) is 13.3. The van der Waals surface area contributed by atoms with Crippen LogP contribution in [0.25, 0.3) is 0 Å². The number of hydrogen-bond acceptors (Lipinski definition) is 10. The molecule has 0 saturated heterocycles. The van der Waals surface area contributed by atoms with E-state index in [2.05, 4.69) is 20.6 Å². The molecule has 0 atom stereocenters. The van der Waals surface area contributed by atoms with Crippen molar-refractivity contribution in [3.8, 4) is 0 Å². The topological polar surface area (TPSA) is 136 Å². The highest BCUT2D eigenvalue weighted by atomic mass is 32.2. The largest absolute Gasteiger partial charge is 0.448 e. The number of nitrogens with one attached hydrogen (secondary N) is 2. The van der Waals surface area contributed by atoms with Gasteiger partial charge in [-0.2, -0.15) is 33.5 Å². The lowest BCUT2D eigenvalue weighted by molar-refractivity contribution is 0.168. The molecular formula is C36H34N4O6S2. The van der Waals surface area contributed by atoms with Crippen LogP contribution in [-0.4, -0.2) is 60.6 Å². The van der Waals surface area contributed by atoms with Crippen LogP contribution in [0.1, 0.15) is 22.3 Å². The van der Waals surface area contributed by atoms with Gasteiger partial charge in [0.25, 0.3) is 0 Å². The first-order valence-electron chi connectivity index (χ1n) is 15.1. The Hall–Kier alpha value is -5.12. The van der Waals surface area contributed by atoms with E-state index in [-0.39, 0.29) is 0 Å².